The van der Waals surface area contributed by atoms with E-state index < -0.39 is 0 Å². The van der Waals surface area contributed by atoms with Crippen molar-refractivity contribution in [2.24, 2.45) is 0 Å². The topological polar surface area (TPSA) is 75.7 Å². The van der Waals surface area contributed by atoms with Crippen LogP contribution in [0.15, 0.2) is 30.6 Å². The molecule has 6 heteroatoms. The van der Waals surface area contributed by atoms with Crippen LogP contribution < -0.4 is 10.1 Å². The number of benzene rings is 1. The SMILES string of the molecule is CCNc1nc(Oc2cccc(C)c2)c2[nH]cnc2n1. The molecule has 2 aromatic heterocycles. The van der Waals surface area contributed by atoms with E-state index in [1.54, 1.807) is 6.33 Å². The second-order valence-corrected chi connectivity index (χ2v) is 4.40. The minimum Gasteiger partial charge on any atom is -0.437 e. The first-order valence-electron chi connectivity index (χ1n) is 6.46. The molecule has 0 aliphatic carbocycles. The molecule has 0 saturated heterocycles. The van der Waals surface area contributed by atoms with Crippen LogP contribution in [0, 0.1) is 6.92 Å². The molecule has 1 aromatic carbocycles. The minimum atomic E-state index is 0.467. The first-order valence-corrected chi connectivity index (χ1v) is 6.46. The third kappa shape index (κ3) is 2.40. The Kier molecular flexibility index (Phi) is 3.20. The number of fused-ring (bicyclic) bond motifs is 1. The Morgan fingerprint density at radius 2 is 2.20 bits per heavy atom. The van der Waals surface area contributed by atoms with Gasteiger partial charge in [0.05, 0.1) is 6.33 Å². The quantitative estimate of drug-likeness (QED) is 0.761. The van der Waals surface area contributed by atoms with E-state index in [1.807, 2.05) is 38.1 Å². The molecular formula is C14H15N5O. The van der Waals surface area contributed by atoms with Crippen LogP contribution in [-0.4, -0.2) is 26.5 Å². The van der Waals surface area contributed by atoms with Crippen molar-refractivity contribution in [1.82, 2.24) is 19.9 Å². The summed E-state index contributed by atoms with van der Waals surface area (Å²) in [7, 11) is 0. The van der Waals surface area contributed by atoms with Crippen LogP contribution in [0.5, 0.6) is 11.6 Å². The largest absolute Gasteiger partial charge is 0.437 e. The minimum absolute atomic E-state index is 0.467. The first-order chi connectivity index (χ1) is 9.76. The molecule has 0 unspecified atom stereocenters. The lowest BCUT2D eigenvalue weighted by atomic mass is 10.2. The third-order valence-corrected chi connectivity index (χ3v) is 2.79. The lowest BCUT2D eigenvalue weighted by Crippen LogP contribution is -2.03. The number of H-pyrrole nitrogens is 1. The number of ether oxygens (including phenoxy) is 1. The summed E-state index contributed by atoms with van der Waals surface area (Å²) < 4.78 is 5.86. The van der Waals surface area contributed by atoms with E-state index in [0.717, 1.165) is 17.9 Å². The summed E-state index contributed by atoms with van der Waals surface area (Å²) in [6, 6.07) is 7.81. The molecule has 0 bridgehead atoms. The molecule has 0 amide bonds. The monoisotopic (exact) mass is 269 g/mol. The van der Waals surface area contributed by atoms with E-state index in [0.29, 0.717) is 23.0 Å². The molecule has 2 heterocycles. The van der Waals surface area contributed by atoms with Gasteiger partial charge in [-0.1, -0.05) is 12.1 Å². The predicted octanol–water partition coefficient (Wildman–Crippen LogP) is 2.89. The number of rotatable bonds is 4. The maximum absolute atomic E-state index is 5.86. The second kappa shape index (κ2) is 5.16. The van der Waals surface area contributed by atoms with Gasteiger partial charge in [-0.3, -0.25) is 0 Å². The summed E-state index contributed by atoms with van der Waals surface area (Å²) >= 11 is 0. The molecular weight excluding hydrogens is 254 g/mol. The van der Waals surface area contributed by atoms with Crippen molar-refractivity contribution in [3.63, 3.8) is 0 Å². The fourth-order valence-electron chi connectivity index (χ4n) is 1.91. The van der Waals surface area contributed by atoms with Gasteiger partial charge in [-0.15, -0.1) is 0 Å². The van der Waals surface area contributed by atoms with Crippen molar-refractivity contribution >= 4 is 17.1 Å². The van der Waals surface area contributed by atoms with Gasteiger partial charge in [0.25, 0.3) is 5.88 Å². The van der Waals surface area contributed by atoms with Crippen LogP contribution in [-0.2, 0) is 0 Å². The van der Waals surface area contributed by atoms with E-state index in [1.165, 1.54) is 0 Å². The molecule has 3 aromatic rings. The second-order valence-electron chi connectivity index (χ2n) is 4.40. The molecule has 20 heavy (non-hydrogen) atoms. The molecule has 0 saturated carbocycles. The summed E-state index contributed by atoms with van der Waals surface area (Å²) in [5.41, 5.74) is 2.40. The van der Waals surface area contributed by atoms with E-state index in [-0.39, 0.29) is 0 Å². The number of aromatic nitrogens is 4. The lowest BCUT2D eigenvalue weighted by Gasteiger charge is -2.08. The third-order valence-electron chi connectivity index (χ3n) is 2.79. The standard InChI is InChI=1S/C14H15N5O/c1-3-15-14-18-12-11(16-8-17-12)13(19-14)20-10-6-4-5-9(2)7-10/h4-8H,3H2,1-2H3,(H2,15,16,17,18,19). The molecule has 0 spiro atoms. The molecule has 0 fully saturated rings. The van der Waals surface area contributed by atoms with Gasteiger partial charge in [0.2, 0.25) is 5.95 Å². The number of aryl methyl sites for hydroxylation is 1. The van der Waals surface area contributed by atoms with Gasteiger partial charge >= 0.3 is 0 Å². The number of anilines is 1. The van der Waals surface area contributed by atoms with Gasteiger partial charge in [0.1, 0.15) is 11.3 Å². The van der Waals surface area contributed by atoms with Gasteiger partial charge in [0.15, 0.2) is 5.65 Å². The summed E-state index contributed by atoms with van der Waals surface area (Å²) in [4.78, 5) is 15.8. The van der Waals surface area contributed by atoms with Crippen LogP contribution >= 0.6 is 0 Å². The number of nitrogens with zero attached hydrogens (tertiary/aromatic N) is 3. The Labute approximate surface area is 116 Å². The zero-order chi connectivity index (χ0) is 13.9. The maximum Gasteiger partial charge on any atom is 0.250 e. The van der Waals surface area contributed by atoms with Crippen molar-refractivity contribution in [3.05, 3.63) is 36.2 Å². The van der Waals surface area contributed by atoms with Crippen LogP contribution in [0.25, 0.3) is 11.2 Å². The number of imidazole rings is 1. The van der Waals surface area contributed by atoms with Crippen LogP contribution in [0.3, 0.4) is 0 Å². The highest BCUT2D eigenvalue weighted by Gasteiger charge is 2.11. The van der Waals surface area contributed by atoms with Gasteiger partial charge in [-0.05, 0) is 31.5 Å². The molecule has 0 radical (unpaired) electrons. The fourth-order valence-corrected chi connectivity index (χ4v) is 1.91. The Balaban J connectivity index is 2.02. The zero-order valence-electron chi connectivity index (χ0n) is 11.3. The van der Waals surface area contributed by atoms with Crippen LogP contribution in [0.1, 0.15) is 12.5 Å². The van der Waals surface area contributed by atoms with Crippen LogP contribution in [0.4, 0.5) is 5.95 Å². The smallest absolute Gasteiger partial charge is 0.250 e. The van der Waals surface area contributed by atoms with Gasteiger partial charge in [0, 0.05) is 6.54 Å². The Hall–Kier alpha value is -2.63. The van der Waals surface area contributed by atoms with Crippen molar-refractivity contribution < 1.29 is 4.74 Å². The molecule has 0 atom stereocenters. The summed E-state index contributed by atoms with van der Waals surface area (Å²) in [5, 5.41) is 3.07. The van der Waals surface area contributed by atoms with Gasteiger partial charge < -0.3 is 15.0 Å². The summed E-state index contributed by atoms with van der Waals surface area (Å²) in [6.07, 6.45) is 1.58. The Morgan fingerprint density at radius 3 is 3.00 bits per heavy atom. The molecule has 102 valence electrons. The Morgan fingerprint density at radius 1 is 1.30 bits per heavy atom. The van der Waals surface area contributed by atoms with Crippen molar-refractivity contribution in [2.75, 3.05) is 11.9 Å². The highest BCUT2D eigenvalue weighted by molar-refractivity contribution is 5.77. The van der Waals surface area contributed by atoms with Crippen molar-refractivity contribution in [2.45, 2.75) is 13.8 Å². The van der Waals surface area contributed by atoms with E-state index in [9.17, 15) is 0 Å². The van der Waals surface area contributed by atoms with E-state index in [4.69, 9.17) is 4.74 Å². The van der Waals surface area contributed by atoms with Crippen molar-refractivity contribution in [3.8, 4) is 11.6 Å². The number of hydrogen-bond acceptors (Lipinski definition) is 5. The fraction of sp³-hybridized carbons (Fsp3) is 0.214. The molecule has 0 aliphatic heterocycles. The average molecular weight is 269 g/mol. The van der Waals surface area contributed by atoms with Gasteiger partial charge in [-0.25, -0.2) is 4.98 Å². The zero-order valence-corrected chi connectivity index (χ0v) is 11.3. The van der Waals surface area contributed by atoms with Crippen LogP contribution in [0.2, 0.25) is 0 Å². The average Bonchev–Trinajstić information content (AvgIpc) is 2.87. The maximum atomic E-state index is 5.86. The lowest BCUT2D eigenvalue weighted by molar-refractivity contribution is 0.467. The highest BCUT2D eigenvalue weighted by atomic mass is 16.5. The van der Waals surface area contributed by atoms with Crippen molar-refractivity contribution in [1.29, 1.82) is 0 Å². The van der Waals surface area contributed by atoms with E-state index in [2.05, 4.69) is 25.3 Å². The molecule has 3 rings (SSSR count). The number of hydrogen-bond donors (Lipinski definition) is 2. The summed E-state index contributed by atoms with van der Waals surface area (Å²) in [5.74, 6) is 1.71. The Bertz CT molecular complexity index is 737. The normalized spacial score (nSPS) is 10.7. The number of nitrogens with one attached hydrogen (secondary N) is 2. The molecule has 2 N–H and O–H groups in total. The summed E-state index contributed by atoms with van der Waals surface area (Å²) in [6.45, 7) is 4.74. The highest BCUT2D eigenvalue weighted by Crippen LogP contribution is 2.26. The first kappa shape index (κ1) is 12.4. The molecule has 0 aliphatic rings. The predicted molar refractivity (Wildman–Crippen MR) is 77.1 cm³/mol. The van der Waals surface area contributed by atoms with Gasteiger partial charge in [-0.2, -0.15) is 9.97 Å². The van der Waals surface area contributed by atoms with E-state index >= 15 is 0 Å². The number of aromatic amines is 1. The molecule has 6 nitrogen and oxygen atoms in total.